The maximum Gasteiger partial charge on any atom is 0.244 e. The Bertz CT molecular complexity index is 1010. The maximum atomic E-state index is 12.7. The van der Waals surface area contributed by atoms with Crippen molar-refractivity contribution in [3.8, 4) is 11.5 Å². The van der Waals surface area contributed by atoms with Crippen molar-refractivity contribution in [2.24, 2.45) is 0 Å². The predicted octanol–water partition coefficient (Wildman–Crippen LogP) is 4.13. The van der Waals surface area contributed by atoms with Crippen molar-refractivity contribution in [1.29, 1.82) is 0 Å². The van der Waals surface area contributed by atoms with Gasteiger partial charge in [0.1, 0.15) is 25.6 Å². The van der Waals surface area contributed by atoms with Crippen LogP contribution < -0.4 is 14.8 Å². The molecule has 1 aliphatic rings. The van der Waals surface area contributed by atoms with Crippen molar-refractivity contribution in [2.75, 3.05) is 18.5 Å². The Morgan fingerprint density at radius 2 is 1.82 bits per heavy atom. The van der Waals surface area contributed by atoms with E-state index in [9.17, 15) is 4.79 Å². The number of aromatic nitrogens is 2. The second-order valence-corrected chi connectivity index (χ2v) is 7.29. The molecule has 1 amide bonds. The van der Waals surface area contributed by atoms with Crippen molar-refractivity contribution in [3.05, 3.63) is 47.8 Å². The molecule has 146 valence electrons. The van der Waals surface area contributed by atoms with E-state index in [2.05, 4.69) is 26.1 Å². The zero-order valence-corrected chi connectivity index (χ0v) is 16.5. The SMILES string of the molecule is CCc1ccc(NC(=O)Cn2c(C(C)C)nc3cc4c(cc32)OCCO4)cc1. The van der Waals surface area contributed by atoms with Gasteiger partial charge in [-0.05, 0) is 24.1 Å². The number of carbonyl (C=O) groups is 1. The fourth-order valence-corrected chi connectivity index (χ4v) is 3.46. The van der Waals surface area contributed by atoms with E-state index in [1.165, 1.54) is 5.56 Å². The molecule has 0 aliphatic carbocycles. The molecule has 1 aliphatic heterocycles. The number of fused-ring (bicyclic) bond motifs is 2. The Hall–Kier alpha value is -3.02. The Labute approximate surface area is 164 Å². The van der Waals surface area contributed by atoms with E-state index in [-0.39, 0.29) is 18.4 Å². The number of carbonyl (C=O) groups excluding carboxylic acids is 1. The molecule has 0 radical (unpaired) electrons. The third-order valence-corrected chi connectivity index (χ3v) is 4.91. The van der Waals surface area contributed by atoms with Gasteiger partial charge < -0.3 is 19.4 Å². The van der Waals surface area contributed by atoms with Crippen molar-refractivity contribution in [2.45, 2.75) is 39.7 Å². The Morgan fingerprint density at radius 1 is 1.14 bits per heavy atom. The van der Waals surface area contributed by atoms with Gasteiger partial charge >= 0.3 is 0 Å². The second-order valence-electron chi connectivity index (χ2n) is 7.29. The normalized spacial score (nSPS) is 13.1. The molecule has 1 N–H and O–H groups in total. The van der Waals surface area contributed by atoms with E-state index >= 15 is 0 Å². The smallest absolute Gasteiger partial charge is 0.244 e. The largest absolute Gasteiger partial charge is 0.486 e. The Morgan fingerprint density at radius 3 is 2.46 bits per heavy atom. The van der Waals surface area contributed by atoms with Gasteiger partial charge in [-0.2, -0.15) is 0 Å². The summed E-state index contributed by atoms with van der Waals surface area (Å²) in [4.78, 5) is 17.5. The molecule has 0 unspecified atom stereocenters. The first-order chi connectivity index (χ1) is 13.5. The lowest BCUT2D eigenvalue weighted by Crippen LogP contribution is -2.20. The standard InChI is InChI=1S/C22H25N3O3/c1-4-15-5-7-16(8-6-15)23-21(26)13-25-18-12-20-19(27-9-10-28-20)11-17(18)24-22(25)14(2)3/h5-8,11-12,14H,4,9-10,13H2,1-3H3,(H,23,26). The molecule has 0 saturated heterocycles. The lowest BCUT2D eigenvalue weighted by molar-refractivity contribution is -0.116. The fourth-order valence-electron chi connectivity index (χ4n) is 3.46. The first-order valence-corrected chi connectivity index (χ1v) is 9.73. The van der Waals surface area contributed by atoms with Gasteiger partial charge in [0.15, 0.2) is 11.5 Å². The number of ether oxygens (including phenoxy) is 2. The molecule has 0 saturated carbocycles. The summed E-state index contributed by atoms with van der Waals surface area (Å²) in [6, 6.07) is 11.8. The molecule has 6 nitrogen and oxygen atoms in total. The highest BCUT2D eigenvalue weighted by Gasteiger charge is 2.20. The van der Waals surface area contributed by atoms with Crippen LogP contribution >= 0.6 is 0 Å². The molecule has 6 heteroatoms. The third-order valence-electron chi connectivity index (χ3n) is 4.91. The quantitative estimate of drug-likeness (QED) is 0.724. The lowest BCUT2D eigenvalue weighted by atomic mass is 10.1. The summed E-state index contributed by atoms with van der Waals surface area (Å²) in [7, 11) is 0. The molecule has 1 aromatic heterocycles. The number of rotatable bonds is 5. The highest BCUT2D eigenvalue weighted by molar-refractivity contribution is 5.92. The van der Waals surface area contributed by atoms with Crippen molar-refractivity contribution >= 4 is 22.6 Å². The minimum absolute atomic E-state index is 0.0830. The average molecular weight is 379 g/mol. The number of imidazole rings is 1. The van der Waals surface area contributed by atoms with E-state index in [0.717, 1.165) is 29.0 Å². The predicted molar refractivity (Wildman–Crippen MR) is 109 cm³/mol. The number of anilines is 1. The summed E-state index contributed by atoms with van der Waals surface area (Å²) >= 11 is 0. The van der Waals surface area contributed by atoms with Crippen LogP contribution in [0.25, 0.3) is 11.0 Å². The highest BCUT2D eigenvalue weighted by Crippen LogP contribution is 2.35. The second kappa shape index (κ2) is 7.54. The molecule has 0 fully saturated rings. The van der Waals surface area contributed by atoms with Crippen LogP contribution in [0.2, 0.25) is 0 Å². The Kier molecular flexibility index (Phi) is 4.94. The summed E-state index contributed by atoms with van der Waals surface area (Å²) in [5.74, 6) is 2.38. The topological polar surface area (TPSA) is 65.4 Å². The van der Waals surface area contributed by atoms with Crippen LogP contribution in [0.1, 0.15) is 38.1 Å². The minimum atomic E-state index is -0.0830. The zero-order valence-electron chi connectivity index (χ0n) is 16.5. The molecule has 0 spiro atoms. The molecule has 0 atom stereocenters. The van der Waals surface area contributed by atoms with E-state index < -0.39 is 0 Å². The van der Waals surface area contributed by atoms with Gasteiger partial charge in [0.05, 0.1) is 11.0 Å². The number of hydrogen-bond donors (Lipinski definition) is 1. The summed E-state index contributed by atoms with van der Waals surface area (Å²) < 4.78 is 13.3. The number of aryl methyl sites for hydroxylation is 1. The molecule has 2 heterocycles. The lowest BCUT2D eigenvalue weighted by Gasteiger charge is -2.18. The van der Waals surface area contributed by atoms with Crippen LogP contribution in [-0.4, -0.2) is 28.7 Å². The van der Waals surface area contributed by atoms with E-state index in [1.54, 1.807) is 0 Å². The van der Waals surface area contributed by atoms with E-state index in [1.807, 2.05) is 41.0 Å². The minimum Gasteiger partial charge on any atom is -0.486 e. The number of hydrogen-bond acceptors (Lipinski definition) is 4. The fraction of sp³-hybridized carbons (Fsp3) is 0.364. The summed E-state index contributed by atoms with van der Waals surface area (Å²) in [6.45, 7) is 7.52. The van der Waals surface area contributed by atoms with Gasteiger partial charge in [0.25, 0.3) is 0 Å². The number of amides is 1. The average Bonchev–Trinajstić information content (AvgIpc) is 3.04. The van der Waals surface area contributed by atoms with Crippen LogP contribution in [0.4, 0.5) is 5.69 Å². The first kappa shape index (κ1) is 18.3. The van der Waals surface area contributed by atoms with Crippen molar-refractivity contribution in [1.82, 2.24) is 9.55 Å². The van der Waals surface area contributed by atoms with Gasteiger partial charge in [-0.25, -0.2) is 4.98 Å². The molecular weight excluding hydrogens is 354 g/mol. The zero-order chi connectivity index (χ0) is 19.7. The molecule has 4 rings (SSSR count). The highest BCUT2D eigenvalue weighted by atomic mass is 16.6. The summed E-state index contributed by atoms with van der Waals surface area (Å²) in [5.41, 5.74) is 3.73. The van der Waals surface area contributed by atoms with Gasteiger partial charge in [-0.3, -0.25) is 4.79 Å². The number of benzene rings is 2. The van der Waals surface area contributed by atoms with Crippen molar-refractivity contribution < 1.29 is 14.3 Å². The molecule has 3 aromatic rings. The first-order valence-electron chi connectivity index (χ1n) is 9.73. The summed E-state index contributed by atoms with van der Waals surface area (Å²) in [6.07, 6.45) is 0.975. The van der Waals surface area contributed by atoms with Gasteiger partial charge in [0.2, 0.25) is 5.91 Å². The van der Waals surface area contributed by atoms with Gasteiger partial charge in [-0.15, -0.1) is 0 Å². The molecular formula is C22H25N3O3. The van der Waals surface area contributed by atoms with E-state index in [4.69, 9.17) is 14.5 Å². The van der Waals surface area contributed by atoms with Gasteiger partial charge in [0, 0.05) is 23.7 Å². The van der Waals surface area contributed by atoms with E-state index in [0.29, 0.717) is 24.7 Å². The van der Waals surface area contributed by atoms with Gasteiger partial charge in [-0.1, -0.05) is 32.9 Å². The number of nitrogens with zero attached hydrogens (tertiary/aromatic N) is 2. The molecule has 28 heavy (non-hydrogen) atoms. The van der Waals surface area contributed by atoms with Crippen LogP contribution in [0.3, 0.4) is 0 Å². The van der Waals surface area contributed by atoms with Crippen LogP contribution in [-0.2, 0) is 17.8 Å². The third kappa shape index (κ3) is 3.54. The monoisotopic (exact) mass is 379 g/mol. The molecule has 0 bridgehead atoms. The van der Waals surface area contributed by atoms with Crippen LogP contribution in [0.15, 0.2) is 36.4 Å². The maximum absolute atomic E-state index is 12.7. The number of nitrogens with one attached hydrogen (secondary N) is 1. The van der Waals surface area contributed by atoms with Crippen LogP contribution in [0, 0.1) is 0 Å². The summed E-state index contributed by atoms with van der Waals surface area (Å²) in [5, 5.41) is 2.98. The van der Waals surface area contributed by atoms with Crippen molar-refractivity contribution in [3.63, 3.8) is 0 Å². The van der Waals surface area contributed by atoms with Crippen LogP contribution in [0.5, 0.6) is 11.5 Å². The Balaban J connectivity index is 1.64. The molecule has 2 aromatic carbocycles.